The molecule has 10 heteroatoms. The molecular weight excluding hydrogens is 435 g/mol. The lowest BCUT2D eigenvalue weighted by atomic mass is 9.73. The number of hydrogen-bond donors (Lipinski definition) is 2. The summed E-state index contributed by atoms with van der Waals surface area (Å²) in [6, 6.07) is 4.44. The van der Waals surface area contributed by atoms with Crippen LogP contribution in [0.1, 0.15) is 49.8 Å². The quantitative estimate of drug-likeness (QED) is 0.591. The molecule has 0 saturated carbocycles. The second-order valence-electron chi connectivity index (χ2n) is 8.36. The van der Waals surface area contributed by atoms with E-state index < -0.39 is 21.3 Å². The van der Waals surface area contributed by atoms with Gasteiger partial charge in [-0.25, -0.2) is 12.8 Å². The van der Waals surface area contributed by atoms with E-state index in [1.807, 2.05) is 6.92 Å². The summed E-state index contributed by atoms with van der Waals surface area (Å²) in [6.45, 7) is 4.75. The Hall–Kier alpha value is -2.30. The maximum atomic E-state index is 15.2. The third-order valence-electron chi connectivity index (χ3n) is 6.23. The first-order valence-electron chi connectivity index (χ1n) is 10.8. The molecule has 1 aliphatic heterocycles. The number of hydrogen-bond acceptors (Lipinski definition) is 5. The summed E-state index contributed by atoms with van der Waals surface area (Å²) in [4.78, 5) is 13.2. The van der Waals surface area contributed by atoms with Crippen molar-refractivity contribution >= 4 is 15.9 Å². The number of sulfonamides is 1. The first-order chi connectivity index (χ1) is 15.2. The average molecular weight is 467 g/mol. The molecule has 1 fully saturated rings. The third kappa shape index (κ3) is 5.36. The van der Waals surface area contributed by atoms with Gasteiger partial charge in [-0.3, -0.25) is 9.89 Å². The number of carbonyl (C=O) groups excluding carboxylic acids is 1. The molecular formula is C22H31FN4O4S. The van der Waals surface area contributed by atoms with E-state index >= 15 is 4.39 Å². The van der Waals surface area contributed by atoms with Crippen molar-refractivity contribution in [2.75, 3.05) is 19.5 Å². The van der Waals surface area contributed by atoms with Crippen LogP contribution in [-0.2, 0) is 38.1 Å². The molecule has 0 unspecified atom stereocenters. The Morgan fingerprint density at radius 3 is 2.66 bits per heavy atom. The number of H-pyrrole nitrogens is 1. The van der Waals surface area contributed by atoms with Crippen molar-refractivity contribution < 1.29 is 22.3 Å². The lowest BCUT2D eigenvalue weighted by Gasteiger charge is -2.36. The number of rotatable bonds is 9. The molecule has 2 heterocycles. The van der Waals surface area contributed by atoms with Gasteiger partial charge in [0.1, 0.15) is 5.82 Å². The van der Waals surface area contributed by atoms with E-state index in [-0.39, 0.29) is 24.1 Å². The van der Waals surface area contributed by atoms with Crippen molar-refractivity contribution in [3.8, 4) is 0 Å². The van der Waals surface area contributed by atoms with E-state index in [4.69, 9.17) is 4.74 Å². The van der Waals surface area contributed by atoms with E-state index in [0.29, 0.717) is 44.6 Å². The number of carbonyl (C=O) groups is 1. The predicted molar refractivity (Wildman–Crippen MR) is 119 cm³/mol. The number of benzene rings is 1. The monoisotopic (exact) mass is 466 g/mol. The molecule has 1 amide bonds. The summed E-state index contributed by atoms with van der Waals surface area (Å²) in [7, 11) is -3.50. The lowest BCUT2D eigenvalue weighted by molar-refractivity contribution is -0.130. The van der Waals surface area contributed by atoms with E-state index in [1.165, 1.54) is 10.4 Å². The van der Waals surface area contributed by atoms with Gasteiger partial charge in [-0.1, -0.05) is 19.1 Å². The molecule has 1 aliphatic rings. The van der Waals surface area contributed by atoms with Crippen LogP contribution in [0.5, 0.6) is 0 Å². The fourth-order valence-electron chi connectivity index (χ4n) is 4.04. The zero-order chi connectivity index (χ0) is 23.4. The van der Waals surface area contributed by atoms with Gasteiger partial charge in [0, 0.05) is 49.7 Å². The minimum absolute atomic E-state index is 0.0528. The van der Waals surface area contributed by atoms with Crippen LogP contribution in [0.3, 0.4) is 0 Å². The smallest absolute Gasteiger partial charge is 0.231 e. The standard InChI is InChI=1S/C22H31FN4O4S/c1-4-16(2)27(32(3,29)30)15-18-5-6-19(11-20(18)23)22(7-9-31-10-8-22)21(28)24-12-17-13-25-26-14-17/h5-6,11,13-14,16H,4,7-10,12,15H2,1-3H3,(H,24,28)(H,25,26)/t16-/m0/s1. The molecule has 2 N–H and O–H groups in total. The molecule has 0 bridgehead atoms. The summed E-state index contributed by atoms with van der Waals surface area (Å²) < 4.78 is 46.3. The maximum absolute atomic E-state index is 15.2. The fraction of sp³-hybridized carbons (Fsp3) is 0.545. The minimum Gasteiger partial charge on any atom is -0.381 e. The first kappa shape index (κ1) is 24.3. The number of halogens is 1. The normalized spacial score (nSPS) is 17.3. The van der Waals surface area contributed by atoms with Gasteiger partial charge in [0.2, 0.25) is 15.9 Å². The van der Waals surface area contributed by atoms with Crippen molar-refractivity contribution in [1.29, 1.82) is 0 Å². The highest BCUT2D eigenvalue weighted by Crippen LogP contribution is 2.36. The van der Waals surface area contributed by atoms with E-state index in [9.17, 15) is 13.2 Å². The summed E-state index contributed by atoms with van der Waals surface area (Å²) in [5.74, 6) is -0.709. The molecule has 176 valence electrons. The van der Waals surface area contributed by atoms with Gasteiger partial charge in [0.05, 0.1) is 17.9 Å². The minimum atomic E-state index is -3.50. The lowest BCUT2D eigenvalue weighted by Crippen LogP contribution is -2.48. The van der Waals surface area contributed by atoms with Crippen LogP contribution in [0, 0.1) is 5.82 Å². The molecule has 0 radical (unpaired) electrons. The van der Waals surface area contributed by atoms with Crippen LogP contribution in [0.15, 0.2) is 30.6 Å². The SMILES string of the molecule is CC[C@H](C)N(Cc1ccc(C2(C(=O)NCc3cn[nH]c3)CCOCC2)cc1F)S(C)(=O)=O. The van der Waals surface area contributed by atoms with Gasteiger partial charge in [-0.05, 0) is 37.8 Å². The second-order valence-corrected chi connectivity index (χ2v) is 10.3. The van der Waals surface area contributed by atoms with Gasteiger partial charge < -0.3 is 10.1 Å². The van der Waals surface area contributed by atoms with E-state index in [1.54, 1.807) is 31.5 Å². The summed E-state index contributed by atoms with van der Waals surface area (Å²) in [6.07, 6.45) is 5.96. The van der Waals surface area contributed by atoms with Gasteiger partial charge in [-0.2, -0.15) is 9.40 Å². The van der Waals surface area contributed by atoms with Crippen LogP contribution in [0.2, 0.25) is 0 Å². The predicted octanol–water partition coefficient (Wildman–Crippen LogP) is 2.47. The van der Waals surface area contributed by atoms with Crippen LogP contribution in [0.4, 0.5) is 4.39 Å². The maximum Gasteiger partial charge on any atom is 0.231 e. The van der Waals surface area contributed by atoms with Gasteiger partial charge in [0.15, 0.2) is 0 Å². The molecule has 0 spiro atoms. The summed E-state index contributed by atoms with van der Waals surface area (Å²) >= 11 is 0. The Labute approximate surface area is 188 Å². The molecule has 1 aromatic heterocycles. The van der Waals surface area contributed by atoms with Gasteiger partial charge >= 0.3 is 0 Å². The number of nitrogens with zero attached hydrogens (tertiary/aromatic N) is 2. The molecule has 2 aromatic rings. The molecule has 3 rings (SSSR count). The zero-order valence-electron chi connectivity index (χ0n) is 18.7. The molecule has 1 atom stereocenters. The third-order valence-corrected chi connectivity index (χ3v) is 7.57. The van der Waals surface area contributed by atoms with Crippen LogP contribution >= 0.6 is 0 Å². The number of aromatic amines is 1. The van der Waals surface area contributed by atoms with Crippen LogP contribution in [0.25, 0.3) is 0 Å². The highest BCUT2D eigenvalue weighted by atomic mass is 32.2. The second kappa shape index (κ2) is 10.1. The van der Waals surface area contributed by atoms with Crippen molar-refractivity contribution in [3.63, 3.8) is 0 Å². The zero-order valence-corrected chi connectivity index (χ0v) is 19.5. The van der Waals surface area contributed by atoms with Crippen molar-refractivity contribution in [2.24, 2.45) is 0 Å². The molecule has 0 aliphatic carbocycles. The van der Waals surface area contributed by atoms with Crippen molar-refractivity contribution in [1.82, 2.24) is 19.8 Å². The average Bonchev–Trinajstić information content (AvgIpc) is 3.29. The number of amides is 1. The van der Waals surface area contributed by atoms with Crippen LogP contribution < -0.4 is 5.32 Å². The summed E-state index contributed by atoms with van der Waals surface area (Å²) in [5.41, 5.74) is 0.781. The number of aromatic nitrogens is 2. The molecule has 1 saturated heterocycles. The first-order valence-corrected chi connectivity index (χ1v) is 12.6. The Bertz CT molecular complexity index is 1020. The largest absolute Gasteiger partial charge is 0.381 e. The Kier molecular flexibility index (Phi) is 7.68. The molecule has 1 aromatic carbocycles. The van der Waals surface area contributed by atoms with Crippen molar-refractivity contribution in [2.45, 2.75) is 57.7 Å². The van der Waals surface area contributed by atoms with E-state index in [0.717, 1.165) is 11.8 Å². The summed E-state index contributed by atoms with van der Waals surface area (Å²) in [5, 5.41) is 9.52. The number of ether oxygens (including phenoxy) is 1. The van der Waals surface area contributed by atoms with E-state index in [2.05, 4.69) is 15.5 Å². The highest BCUT2D eigenvalue weighted by Gasteiger charge is 2.42. The Morgan fingerprint density at radius 1 is 1.38 bits per heavy atom. The molecule has 32 heavy (non-hydrogen) atoms. The van der Waals surface area contributed by atoms with Crippen LogP contribution in [-0.4, -0.2) is 54.3 Å². The van der Waals surface area contributed by atoms with Crippen molar-refractivity contribution in [3.05, 3.63) is 53.1 Å². The fourth-order valence-corrected chi connectivity index (χ4v) is 5.21. The topological polar surface area (TPSA) is 104 Å². The molecule has 8 nitrogen and oxygen atoms in total. The number of nitrogens with one attached hydrogen (secondary N) is 2. The highest BCUT2D eigenvalue weighted by molar-refractivity contribution is 7.88. The Morgan fingerprint density at radius 2 is 2.09 bits per heavy atom. The van der Waals surface area contributed by atoms with Gasteiger partial charge in [-0.15, -0.1) is 0 Å². The Balaban J connectivity index is 1.86. The van der Waals surface area contributed by atoms with Gasteiger partial charge in [0.25, 0.3) is 0 Å².